The van der Waals surface area contributed by atoms with Gasteiger partial charge in [-0.2, -0.15) is 0 Å². The third-order valence-corrected chi connectivity index (χ3v) is 4.19. The number of nitrogens with zero attached hydrogens (tertiary/aromatic N) is 3. The van der Waals surface area contributed by atoms with Crippen molar-refractivity contribution in [2.24, 2.45) is 0 Å². The predicted octanol–water partition coefficient (Wildman–Crippen LogP) is 3.14. The molecule has 0 saturated carbocycles. The summed E-state index contributed by atoms with van der Waals surface area (Å²) in [6.07, 6.45) is 10.0. The van der Waals surface area contributed by atoms with Crippen LogP contribution in [0.2, 0.25) is 0 Å². The number of nitrogens with two attached hydrogens (primary N) is 1. The zero-order chi connectivity index (χ0) is 15.1. The summed E-state index contributed by atoms with van der Waals surface area (Å²) in [5, 5.41) is 9.75. The van der Waals surface area contributed by atoms with Gasteiger partial charge in [0.05, 0.1) is 5.52 Å². The number of aromatic nitrogens is 3. The second-order valence-electron chi connectivity index (χ2n) is 5.57. The lowest BCUT2D eigenvalue weighted by Crippen LogP contribution is -1.98. The smallest absolute Gasteiger partial charge is 0.151 e. The average molecular weight is 292 g/mol. The Morgan fingerprint density at radius 1 is 1.18 bits per heavy atom. The maximum atomic E-state index is 9.75. The van der Waals surface area contributed by atoms with Crippen molar-refractivity contribution in [1.82, 2.24) is 14.5 Å². The lowest BCUT2D eigenvalue weighted by Gasteiger charge is -2.06. The Kier molecular flexibility index (Phi) is 2.85. The average Bonchev–Trinajstić information content (AvgIpc) is 3.15. The first-order valence-corrected chi connectivity index (χ1v) is 7.30. The Morgan fingerprint density at radius 2 is 2.00 bits per heavy atom. The molecule has 22 heavy (non-hydrogen) atoms. The molecule has 0 amide bonds. The molecule has 0 radical (unpaired) electrons. The Labute approximate surface area is 127 Å². The number of hydrogen-bond acceptors (Lipinski definition) is 4. The van der Waals surface area contributed by atoms with E-state index in [0.29, 0.717) is 11.7 Å². The van der Waals surface area contributed by atoms with E-state index in [2.05, 4.69) is 28.3 Å². The molecule has 0 aliphatic heterocycles. The number of nitrogen functional groups attached to an aromatic ring is 1. The molecule has 0 spiro atoms. The van der Waals surface area contributed by atoms with Crippen LogP contribution in [0.1, 0.15) is 24.3 Å². The number of fused-ring (bicyclic) bond motifs is 1. The predicted molar refractivity (Wildman–Crippen MR) is 86.1 cm³/mol. The lowest BCUT2D eigenvalue weighted by molar-refractivity contribution is 0.475. The fraction of sp³-hybridized carbons (Fsp3) is 0.176. The third-order valence-electron chi connectivity index (χ3n) is 4.19. The fourth-order valence-corrected chi connectivity index (χ4v) is 3.12. The van der Waals surface area contributed by atoms with Gasteiger partial charge in [0.25, 0.3) is 0 Å². The number of hydrogen-bond donors (Lipinski definition) is 2. The Bertz CT molecular complexity index is 873. The summed E-state index contributed by atoms with van der Waals surface area (Å²) in [5.74, 6) is 1.10. The van der Waals surface area contributed by atoms with Crippen LogP contribution in [-0.2, 0) is 0 Å². The lowest BCUT2D eigenvalue weighted by atomic mass is 9.99. The molecule has 2 aromatic heterocycles. The molecular weight excluding hydrogens is 276 g/mol. The first-order chi connectivity index (χ1) is 10.7. The molecule has 5 nitrogen and oxygen atoms in total. The zero-order valence-electron chi connectivity index (χ0n) is 12.0. The normalized spacial score (nSPS) is 14.9. The summed E-state index contributed by atoms with van der Waals surface area (Å²) in [7, 11) is 0. The van der Waals surface area contributed by atoms with Gasteiger partial charge in [-0.1, -0.05) is 18.2 Å². The van der Waals surface area contributed by atoms with Gasteiger partial charge in [0.1, 0.15) is 17.6 Å². The molecule has 0 fully saturated rings. The van der Waals surface area contributed by atoms with E-state index >= 15 is 0 Å². The molecule has 0 atom stereocenters. The van der Waals surface area contributed by atoms with Gasteiger partial charge in [0, 0.05) is 23.5 Å². The highest BCUT2D eigenvalue weighted by Crippen LogP contribution is 2.37. The summed E-state index contributed by atoms with van der Waals surface area (Å²) >= 11 is 0. The zero-order valence-corrected chi connectivity index (χ0v) is 12.0. The highest BCUT2D eigenvalue weighted by atomic mass is 16.3. The molecule has 110 valence electrons. The number of anilines is 1. The number of phenolic OH excluding ortho intramolecular Hbond substituents is 1. The molecule has 1 aliphatic carbocycles. The maximum Gasteiger partial charge on any atom is 0.151 e. The summed E-state index contributed by atoms with van der Waals surface area (Å²) < 4.78 is 1.97. The van der Waals surface area contributed by atoms with Crippen molar-refractivity contribution in [3.8, 4) is 11.4 Å². The number of phenols is 1. The van der Waals surface area contributed by atoms with E-state index in [-0.39, 0.29) is 5.75 Å². The summed E-state index contributed by atoms with van der Waals surface area (Å²) in [5.41, 5.74) is 9.82. The van der Waals surface area contributed by atoms with Crippen molar-refractivity contribution in [2.45, 2.75) is 18.8 Å². The summed E-state index contributed by atoms with van der Waals surface area (Å²) in [6, 6.07) is 7.11. The van der Waals surface area contributed by atoms with Crippen LogP contribution in [-0.4, -0.2) is 19.6 Å². The van der Waals surface area contributed by atoms with Gasteiger partial charge >= 0.3 is 0 Å². The first-order valence-electron chi connectivity index (χ1n) is 7.30. The highest BCUT2D eigenvalue weighted by Gasteiger charge is 2.22. The molecule has 0 unspecified atom stereocenters. The van der Waals surface area contributed by atoms with Crippen molar-refractivity contribution in [3.63, 3.8) is 0 Å². The number of aromatic hydroxyl groups is 1. The first kappa shape index (κ1) is 12.9. The van der Waals surface area contributed by atoms with Crippen LogP contribution in [0, 0.1) is 0 Å². The van der Waals surface area contributed by atoms with Gasteiger partial charge in [-0.05, 0) is 30.9 Å². The van der Waals surface area contributed by atoms with Crippen molar-refractivity contribution in [2.75, 3.05) is 5.73 Å². The molecule has 3 aromatic rings. The van der Waals surface area contributed by atoms with Crippen LogP contribution < -0.4 is 5.73 Å². The highest BCUT2D eigenvalue weighted by molar-refractivity contribution is 5.90. The monoisotopic (exact) mass is 292 g/mol. The fourth-order valence-electron chi connectivity index (χ4n) is 3.12. The molecule has 0 bridgehead atoms. The van der Waals surface area contributed by atoms with Crippen LogP contribution in [0.15, 0.2) is 48.9 Å². The van der Waals surface area contributed by atoms with Crippen LogP contribution in [0.5, 0.6) is 5.75 Å². The molecular formula is C17H16N4O. The second kappa shape index (κ2) is 4.87. The minimum atomic E-state index is 0.221. The van der Waals surface area contributed by atoms with Crippen molar-refractivity contribution < 1.29 is 5.11 Å². The second-order valence-corrected chi connectivity index (χ2v) is 5.57. The molecule has 1 aliphatic rings. The summed E-state index contributed by atoms with van der Waals surface area (Å²) in [6.45, 7) is 0. The molecule has 5 heteroatoms. The van der Waals surface area contributed by atoms with Crippen molar-refractivity contribution in [3.05, 3.63) is 54.5 Å². The number of allylic oxidation sites excluding steroid dienone is 2. The number of benzene rings is 1. The largest absolute Gasteiger partial charge is 0.508 e. The summed E-state index contributed by atoms with van der Waals surface area (Å²) in [4.78, 5) is 8.58. The van der Waals surface area contributed by atoms with Crippen LogP contribution in [0.25, 0.3) is 16.7 Å². The van der Waals surface area contributed by atoms with E-state index in [1.165, 1.54) is 11.9 Å². The standard InChI is InChI=1S/C17H16N4O/c18-17-16-15(19-10-20-17)14(11-4-1-2-5-11)9-21(16)12-6-3-7-13(22)8-12/h1-3,6-11,22H,4-5H2,(H2,18,19,20). The Morgan fingerprint density at radius 3 is 2.77 bits per heavy atom. The molecule has 1 aromatic carbocycles. The maximum absolute atomic E-state index is 9.75. The van der Waals surface area contributed by atoms with E-state index in [9.17, 15) is 5.11 Å². The van der Waals surface area contributed by atoms with Crippen molar-refractivity contribution >= 4 is 16.9 Å². The molecule has 4 rings (SSSR count). The van der Waals surface area contributed by atoms with Crippen LogP contribution in [0.4, 0.5) is 5.82 Å². The third kappa shape index (κ3) is 1.94. The van der Waals surface area contributed by atoms with Gasteiger partial charge in [0.15, 0.2) is 5.82 Å². The van der Waals surface area contributed by atoms with Gasteiger partial charge in [-0.3, -0.25) is 0 Å². The van der Waals surface area contributed by atoms with E-state index < -0.39 is 0 Å². The van der Waals surface area contributed by atoms with E-state index in [4.69, 9.17) is 5.73 Å². The van der Waals surface area contributed by atoms with Crippen LogP contribution in [0.3, 0.4) is 0 Å². The SMILES string of the molecule is Nc1ncnc2c(C3CC=CC3)cn(-c3cccc(O)c3)c12. The van der Waals surface area contributed by atoms with Gasteiger partial charge in [0.2, 0.25) is 0 Å². The van der Waals surface area contributed by atoms with Gasteiger partial charge in [-0.25, -0.2) is 9.97 Å². The van der Waals surface area contributed by atoms with Crippen LogP contribution >= 0.6 is 0 Å². The Balaban J connectivity index is 1.98. The van der Waals surface area contributed by atoms with Gasteiger partial charge in [-0.15, -0.1) is 0 Å². The number of rotatable bonds is 2. The minimum Gasteiger partial charge on any atom is -0.508 e. The van der Waals surface area contributed by atoms with Crippen molar-refractivity contribution in [1.29, 1.82) is 0 Å². The van der Waals surface area contributed by atoms with E-state index in [1.807, 2.05) is 16.7 Å². The quantitative estimate of drug-likeness (QED) is 0.711. The van der Waals surface area contributed by atoms with Gasteiger partial charge < -0.3 is 15.4 Å². The molecule has 2 heterocycles. The molecule has 3 N–H and O–H groups in total. The van der Waals surface area contributed by atoms with E-state index in [1.54, 1.807) is 12.1 Å². The topological polar surface area (TPSA) is 77.0 Å². The minimum absolute atomic E-state index is 0.221. The Hall–Kier alpha value is -2.82. The van der Waals surface area contributed by atoms with E-state index in [0.717, 1.165) is 29.6 Å². The molecule has 0 saturated heterocycles.